The van der Waals surface area contributed by atoms with E-state index in [1.807, 2.05) is 22.7 Å². The summed E-state index contributed by atoms with van der Waals surface area (Å²) in [4.78, 5) is 5.37. The van der Waals surface area contributed by atoms with E-state index >= 15 is 0 Å². The lowest BCUT2D eigenvalue weighted by atomic mass is 9.39. The van der Waals surface area contributed by atoms with Crippen molar-refractivity contribution >= 4 is 131 Å². The number of fused-ring (bicyclic) bond motifs is 14. The van der Waals surface area contributed by atoms with Crippen LogP contribution in [0.2, 0.25) is 0 Å². The molecule has 2 aliphatic heterocycles. The molecule has 0 spiro atoms. The molecule has 5 heteroatoms. The Labute approximate surface area is 465 Å². The summed E-state index contributed by atoms with van der Waals surface area (Å²) in [5, 5.41) is 10.5. The van der Waals surface area contributed by atoms with Crippen LogP contribution in [0.4, 0.5) is 34.1 Å². The first-order valence-electron chi connectivity index (χ1n) is 28.4. The zero-order valence-electron chi connectivity index (χ0n) is 47.2. The Morgan fingerprint density at radius 3 is 1.31 bits per heavy atom. The molecule has 9 aromatic carbocycles. The lowest BCUT2D eigenvalue weighted by Crippen LogP contribution is -2.59. The number of nitrogens with zero attached hydrogens (tertiary/aromatic N) is 2. The van der Waals surface area contributed by atoms with Gasteiger partial charge in [-0.1, -0.05) is 180 Å². The lowest BCUT2D eigenvalue weighted by molar-refractivity contribution is 0.506. The SMILES string of the molecule is CCC(C)(C)c1ccc(N2c3cccc4c3B(c3sc5ccc(C(C)(C)CC)cc5c32)c2sc3ccc(C(C)(C)CC)cc3c2N4c2ccc(C(C)(C)CC)cc2-c2ccc3c4ccccc4c4ccccc4c3c2)cc1. The van der Waals surface area contributed by atoms with Gasteiger partial charge in [0.15, 0.2) is 0 Å². The molecule has 2 aliphatic rings. The highest BCUT2D eigenvalue weighted by Crippen LogP contribution is 2.53. The van der Waals surface area contributed by atoms with E-state index in [0.29, 0.717) is 0 Å². The Morgan fingerprint density at radius 2 is 0.792 bits per heavy atom. The zero-order valence-corrected chi connectivity index (χ0v) is 48.8. The van der Waals surface area contributed by atoms with Crippen LogP contribution in [0.5, 0.6) is 0 Å². The molecule has 13 rings (SSSR count). The molecular weight excluding hydrogens is 968 g/mol. The number of rotatable bonds is 11. The first-order valence-corrected chi connectivity index (χ1v) is 30.1. The van der Waals surface area contributed by atoms with Gasteiger partial charge in [0.2, 0.25) is 0 Å². The molecule has 2 aromatic heterocycles. The molecule has 0 bridgehead atoms. The van der Waals surface area contributed by atoms with Gasteiger partial charge in [0.05, 0.1) is 17.1 Å². The van der Waals surface area contributed by atoms with Crippen LogP contribution >= 0.6 is 22.7 Å². The summed E-state index contributed by atoms with van der Waals surface area (Å²) < 4.78 is 5.54. The van der Waals surface area contributed by atoms with Gasteiger partial charge >= 0.3 is 0 Å². The van der Waals surface area contributed by atoms with Crippen molar-refractivity contribution in [2.45, 2.75) is 130 Å². The Bertz CT molecular complexity index is 4150. The lowest BCUT2D eigenvalue weighted by Gasteiger charge is -2.42. The Balaban J connectivity index is 1.14. The molecule has 0 saturated heterocycles. The van der Waals surface area contributed by atoms with Crippen LogP contribution in [-0.4, -0.2) is 6.71 Å². The molecule has 0 unspecified atom stereocenters. The third kappa shape index (κ3) is 7.61. The van der Waals surface area contributed by atoms with E-state index in [1.54, 1.807) is 0 Å². The minimum atomic E-state index is -0.0288. The van der Waals surface area contributed by atoms with Gasteiger partial charge in [-0.25, -0.2) is 0 Å². The van der Waals surface area contributed by atoms with Crippen molar-refractivity contribution in [3.05, 3.63) is 186 Å². The molecule has 0 radical (unpaired) electrons. The second-order valence-electron chi connectivity index (χ2n) is 24.9. The van der Waals surface area contributed by atoms with Crippen LogP contribution in [0.25, 0.3) is 63.6 Å². The van der Waals surface area contributed by atoms with Gasteiger partial charge in [-0.05, 0) is 180 Å². The number of benzene rings is 9. The largest absolute Gasteiger partial charge is 0.310 e. The van der Waals surface area contributed by atoms with E-state index in [0.717, 1.165) is 25.7 Å². The van der Waals surface area contributed by atoms with Gasteiger partial charge in [0.1, 0.15) is 0 Å². The summed E-state index contributed by atoms with van der Waals surface area (Å²) in [5.41, 5.74) is 17.1. The molecule has 0 atom stereocenters. The van der Waals surface area contributed by atoms with E-state index in [4.69, 9.17) is 0 Å². The summed E-state index contributed by atoms with van der Waals surface area (Å²) in [5.74, 6) is 0. The zero-order chi connectivity index (χ0) is 53.5. The highest BCUT2D eigenvalue weighted by Gasteiger charge is 2.47. The molecule has 0 fully saturated rings. The molecule has 77 heavy (non-hydrogen) atoms. The van der Waals surface area contributed by atoms with Gasteiger partial charge in [-0.15, -0.1) is 22.7 Å². The third-order valence-electron chi connectivity index (χ3n) is 19.3. The Kier molecular flexibility index (Phi) is 11.6. The van der Waals surface area contributed by atoms with Crippen molar-refractivity contribution < 1.29 is 0 Å². The van der Waals surface area contributed by atoms with Gasteiger partial charge < -0.3 is 9.80 Å². The van der Waals surface area contributed by atoms with Crippen molar-refractivity contribution in [1.29, 1.82) is 0 Å². The fourth-order valence-corrected chi connectivity index (χ4v) is 15.3. The van der Waals surface area contributed by atoms with Crippen molar-refractivity contribution in [2.75, 3.05) is 9.80 Å². The fourth-order valence-electron chi connectivity index (χ4n) is 12.6. The minimum absolute atomic E-state index is 0.0139. The maximum atomic E-state index is 2.72. The van der Waals surface area contributed by atoms with Crippen molar-refractivity contribution in [3.63, 3.8) is 0 Å². The Hall–Kier alpha value is -6.66. The summed E-state index contributed by atoms with van der Waals surface area (Å²) in [6, 6.07) is 64.4. The van der Waals surface area contributed by atoms with Crippen LogP contribution in [0, 0.1) is 0 Å². The molecule has 0 saturated carbocycles. The average Bonchev–Trinajstić information content (AvgIpc) is 4.23. The fraction of sp³-hybridized carbons (Fsp3) is 0.278. The molecule has 0 amide bonds. The first-order chi connectivity index (χ1) is 37.0. The summed E-state index contributed by atoms with van der Waals surface area (Å²) in [6.45, 7) is 28.5. The second-order valence-corrected chi connectivity index (χ2v) is 27.1. The van der Waals surface area contributed by atoms with Crippen LogP contribution in [0.1, 0.15) is 131 Å². The molecule has 0 aliphatic carbocycles. The summed E-state index contributed by atoms with van der Waals surface area (Å²) >= 11 is 4.03. The predicted octanol–water partition coefficient (Wildman–Crippen LogP) is 20.1. The third-order valence-corrected chi connectivity index (χ3v) is 21.7. The molecular formula is C72H71BN2S2. The molecule has 4 heterocycles. The average molecular weight is 1040 g/mol. The van der Waals surface area contributed by atoms with Crippen LogP contribution in [-0.2, 0) is 21.7 Å². The minimum Gasteiger partial charge on any atom is -0.310 e. The topological polar surface area (TPSA) is 6.48 Å². The van der Waals surface area contributed by atoms with Crippen molar-refractivity contribution in [3.8, 4) is 11.1 Å². The smallest absolute Gasteiger partial charge is 0.277 e. The highest BCUT2D eigenvalue weighted by atomic mass is 32.1. The quantitative estimate of drug-likeness (QED) is 0.0941. The van der Waals surface area contributed by atoms with E-state index in [1.165, 1.54) is 135 Å². The monoisotopic (exact) mass is 1040 g/mol. The molecule has 384 valence electrons. The van der Waals surface area contributed by atoms with Crippen LogP contribution in [0.3, 0.4) is 0 Å². The number of anilines is 6. The van der Waals surface area contributed by atoms with Crippen LogP contribution < -0.4 is 24.8 Å². The molecule has 0 N–H and O–H groups in total. The van der Waals surface area contributed by atoms with Gasteiger partial charge in [0, 0.05) is 52.4 Å². The molecule has 2 nitrogen and oxygen atoms in total. The predicted molar refractivity (Wildman–Crippen MR) is 342 cm³/mol. The maximum absolute atomic E-state index is 2.72. The van der Waals surface area contributed by atoms with E-state index < -0.39 is 0 Å². The standard InChI is InChI=1S/C72H71BN2S2/c1-13-69(5,6)45-29-34-49(35-30-45)74-60-26-21-27-61-64(60)73(67-65(74)57-42-47(71(9,10)15-3)32-38-62(57)76-67)68-66(58-43-48(72(11,12)16-4)33-39-63(58)77-68)75(61)59-37-31-46(70(7,8)14-2)41-55(59)44-28-36-54-52-24-18-17-22-50(52)51-23-19-20-25-53(51)56(54)40-44/h17-43H,13-16H2,1-12H3. The van der Waals surface area contributed by atoms with Gasteiger partial charge in [0.25, 0.3) is 6.71 Å². The van der Waals surface area contributed by atoms with Crippen molar-refractivity contribution in [1.82, 2.24) is 0 Å². The van der Waals surface area contributed by atoms with E-state index in [2.05, 4.69) is 257 Å². The Morgan fingerprint density at radius 1 is 0.364 bits per heavy atom. The number of hydrogen-bond donors (Lipinski definition) is 0. The van der Waals surface area contributed by atoms with Gasteiger partial charge in [-0.2, -0.15) is 0 Å². The number of hydrogen-bond acceptors (Lipinski definition) is 4. The van der Waals surface area contributed by atoms with Crippen molar-refractivity contribution in [2.24, 2.45) is 0 Å². The van der Waals surface area contributed by atoms with Gasteiger partial charge in [-0.3, -0.25) is 0 Å². The number of thiophene rings is 2. The van der Waals surface area contributed by atoms with E-state index in [-0.39, 0.29) is 28.4 Å². The van der Waals surface area contributed by atoms with Crippen LogP contribution in [0.15, 0.2) is 164 Å². The maximum Gasteiger partial charge on any atom is 0.277 e. The van der Waals surface area contributed by atoms with E-state index in [9.17, 15) is 0 Å². The first kappa shape index (κ1) is 49.9. The highest BCUT2D eigenvalue weighted by molar-refractivity contribution is 7.40. The summed E-state index contributed by atoms with van der Waals surface area (Å²) in [6.07, 6.45) is 4.24. The molecule has 11 aromatic rings. The summed E-state index contributed by atoms with van der Waals surface area (Å²) in [7, 11) is 0. The second kappa shape index (κ2) is 17.9. The normalized spacial score (nSPS) is 13.8.